The Morgan fingerprint density at radius 3 is 2.50 bits per heavy atom. The standard InChI is InChI=1S/C6H5ClN2O4S/c1-14(12,13)6-8-2-3(5(10)11)4(7)9-6/h2H,1H3,(H,10,11). The summed E-state index contributed by atoms with van der Waals surface area (Å²) in [5.41, 5.74) is -0.334. The van der Waals surface area contributed by atoms with Crippen molar-refractivity contribution in [1.82, 2.24) is 9.97 Å². The second kappa shape index (κ2) is 3.50. The van der Waals surface area contributed by atoms with Crippen molar-refractivity contribution in [2.24, 2.45) is 0 Å². The summed E-state index contributed by atoms with van der Waals surface area (Å²) < 4.78 is 21.9. The van der Waals surface area contributed by atoms with Crippen LogP contribution in [0.3, 0.4) is 0 Å². The van der Waals surface area contributed by atoms with Crippen LogP contribution in [-0.4, -0.2) is 35.7 Å². The Hall–Kier alpha value is -1.21. The third-order valence-electron chi connectivity index (χ3n) is 1.28. The molecule has 0 atom stereocenters. The topological polar surface area (TPSA) is 97.2 Å². The first kappa shape index (κ1) is 10.9. The summed E-state index contributed by atoms with van der Waals surface area (Å²) in [5, 5.41) is 7.66. The van der Waals surface area contributed by atoms with E-state index in [0.717, 1.165) is 12.5 Å². The number of hydrogen-bond acceptors (Lipinski definition) is 5. The molecule has 1 rings (SSSR count). The first-order valence-corrected chi connectivity index (χ1v) is 5.55. The van der Waals surface area contributed by atoms with Gasteiger partial charge in [-0.25, -0.2) is 23.2 Å². The number of aromatic nitrogens is 2. The van der Waals surface area contributed by atoms with E-state index in [2.05, 4.69) is 9.97 Å². The minimum atomic E-state index is -3.57. The number of carboxylic acids is 1. The van der Waals surface area contributed by atoms with Gasteiger partial charge >= 0.3 is 5.97 Å². The van der Waals surface area contributed by atoms with E-state index < -0.39 is 26.1 Å². The van der Waals surface area contributed by atoms with Gasteiger partial charge in [0, 0.05) is 12.5 Å². The molecule has 6 nitrogen and oxygen atoms in total. The molecule has 1 N–H and O–H groups in total. The Bertz CT molecular complexity index is 485. The Labute approximate surface area is 84.5 Å². The second-order valence-electron chi connectivity index (χ2n) is 2.43. The van der Waals surface area contributed by atoms with Gasteiger partial charge < -0.3 is 5.11 Å². The third-order valence-corrected chi connectivity index (χ3v) is 2.43. The lowest BCUT2D eigenvalue weighted by molar-refractivity contribution is 0.0696. The van der Waals surface area contributed by atoms with Crippen LogP contribution in [0.4, 0.5) is 0 Å². The average Bonchev–Trinajstić information content (AvgIpc) is 2.01. The van der Waals surface area contributed by atoms with Crippen LogP contribution in [0.5, 0.6) is 0 Å². The maximum absolute atomic E-state index is 10.9. The van der Waals surface area contributed by atoms with Crippen LogP contribution in [0.15, 0.2) is 11.4 Å². The summed E-state index contributed by atoms with van der Waals surface area (Å²) in [7, 11) is -3.57. The number of sulfone groups is 1. The van der Waals surface area contributed by atoms with Crippen LogP contribution in [0.25, 0.3) is 0 Å². The summed E-state index contributed by atoms with van der Waals surface area (Å²) >= 11 is 5.43. The molecule has 0 fully saturated rings. The average molecular weight is 237 g/mol. The molecule has 0 aliphatic rings. The van der Waals surface area contributed by atoms with Crippen molar-refractivity contribution in [3.8, 4) is 0 Å². The molecular formula is C6H5ClN2O4S. The molecule has 0 bridgehead atoms. The van der Waals surface area contributed by atoms with Gasteiger partial charge in [-0.15, -0.1) is 0 Å². The fourth-order valence-electron chi connectivity index (χ4n) is 0.668. The molecule has 76 valence electrons. The first-order valence-electron chi connectivity index (χ1n) is 3.28. The van der Waals surface area contributed by atoms with Gasteiger partial charge in [0.05, 0.1) is 0 Å². The summed E-state index contributed by atoms with van der Waals surface area (Å²) in [6, 6.07) is 0. The van der Waals surface area contributed by atoms with Crippen LogP contribution in [0.1, 0.15) is 10.4 Å². The Morgan fingerprint density at radius 1 is 1.57 bits per heavy atom. The smallest absolute Gasteiger partial charge is 0.340 e. The molecule has 0 radical (unpaired) electrons. The van der Waals surface area contributed by atoms with Crippen molar-refractivity contribution in [3.63, 3.8) is 0 Å². The van der Waals surface area contributed by atoms with Crippen LogP contribution in [-0.2, 0) is 9.84 Å². The van der Waals surface area contributed by atoms with E-state index in [9.17, 15) is 13.2 Å². The highest BCUT2D eigenvalue weighted by Crippen LogP contribution is 2.13. The zero-order valence-electron chi connectivity index (χ0n) is 6.93. The predicted molar refractivity (Wildman–Crippen MR) is 47.1 cm³/mol. The Kier molecular flexibility index (Phi) is 2.72. The molecule has 14 heavy (non-hydrogen) atoms. The van der Waals surface area contributed by atoms with E-state index in [1.807, 2.05) is 0 Å². The molecular weight excluding hydrogens is 232 g/mol. The van der Waals surface area contributed by atoms with Gasteiger partial charge in [-0.3, -0.25) is 0 Å². The van der Waals surface area contributed by atoms with E-state index in [-0.39, 0.29) is 5.56 Å². The highest BCUT2D eigenvalue weighted by Gasteiger charge is 2.16. The molecule has 0 aliphatic heterocycles. The number of aromatic carboxylic acids is 1. The fraction of sp³-hybridized carbons (Fsp3) is 0.167. The van der Waals surface area contributed by atoms with E-state index in [1.165, 1.54) is 0 Å². The zero-order valence-corrected chi connectivity index (χ0v) is 8.50. The number of rotatable bonds is 2. The van der Waals surface area contributed by atoms with Crippen molar-refractivity contribution >= 4 is 27.4 Å². The highest BCUT2D eigenvalue weighted by molar-refractivity contribution is 7.90. The summed E-state index contributed by atoms with van der Waals surface area (Å²) in [5.74, 6) is -1.31. The molecule has 0 saturated carbocycles. The van der Waals surface area contributed by atoms with Crippen molar-refractivity contribution in [3.05, 3.63) is 16.9 Å². The lowest BCUT2D eigenvalue weighted by Crippen LogP contribution is -2.08. The third kappa shape index (κ3) is 2.18. The molecule has 1 heterocycles. The Balaban J connectivity index is 3.34. The minimum absolute atomic E-state index is 0.334. The summed E-state index contributed by atoms with van der Waals surface area (Å²) in [4.78, 5) is 17.2. The van der Waals surface area contributed by atoms with E-state index in [4.69, 9.17) is 16.7 Å². The summed E-state index contributed by atoms with van der Waals surface area (Å²) in [6.45, 7) is 0. The van der Waals surface area contributed by atoms with Gasteiger partial charge in [0.15, 0.2) is 0 Å². The summed E-state index contributed by atoms with van der Waals surface area (Å²) in [6.07, 6.45) is 1.76. The van der Waals surface area contributed by atoms with E-state index in [1.54, 1.807) is 0 Å². The largest absolute Gasteiger partial charge is 0.478 e. The van der Waals surface area contributed by atoms with Gasteiger partial charge in [0.2, 0.25) is 15.0 Å². The number of nitrogens with zero attached hydrogens (tertiary/aromatic N) is 2. The van der Waals surface area contributed by atoms with E-state index >= 15 is 0 Å². The zero-order chi connectivity index (χ0) is 10.9. The maximum atomic E-state index is 10.9. The monoisotopic (exact) mass is 236 g/mol. The second-order valence-corrected chi connectivity index (χ2v) is 4.70. The van der Waals surface area contributed by atoms with Crippen LogP contribution in [0, 0.1) is 0 Å². The Morgan fingerprint density at radius 2 is 2.14 bits per heavy atom. The molecule has 0 saturated heterocycles. The van der Waals surface area contributed by atoms with Gasteiger partial charge in [0.25, 0.3) is 0 Å². The van der Waals surface area contributed by atoms with Crippen LogP contribution in [0.2, 0.25) is 5.15 Å². The van der Waals surface area contributed by atoms with Crippen molar-refractivity contribution in [2.75, 3.05) is 6.26 Å². The van der Waals surface area contributed by atoms with Gasteiger partial charge in [-0.2, -0.15) is 0 Å². The molecule has 0 unspecified atom stereocenters. The number of halogens is 1. The molecule has 0 spiro atoms. The van der Waals surface area contributed by atoms with E-state index in [0.29, 0.717) is 0 Å². The molecule has 0 aliphatic carbocycles. The maximum Gasteiger partial charge on any atom is 0.340 e. The molecule has 8 heteroatoms. The minimum Gasteiger partial charge on any atom is -0.478 e. The normalized spacial score (nSPS) is 11.3. The lowest BCUT2D eigenvalue weighted by atomic mass is 10.3. The van der Waals surface area contributed by atoms with Gasteiger partial charge in [-0.05, 0) is 0 Å². The van der Waals surface area contributed by atoms with Crippen molar-refractivity contribution < 1.29 is 18.3 Å². The molecule has 0 aromatic carbocycles. The van der Waals surface area contributed by atoms with Crippen molar-refractivity contribution in [2.45, 2.75) is 5.16 Å². The van der Waals surface area contributed by atoms with Crippen LogP contribution >= 0.6 is 11.6 Å². The van der Waals surface area contributed by atoms with Crippen LogP contribution < -0.4 is 0 Å². The van der Waals surface area contributed by atoms with Crippen molar-refractivity contribution in [1.29, 1.82) is 0 Å². The highest BCUT2D eigenvalue weighted by atomic mass is 35.5. The molecule has 1 aromatic rings. The number of carbonyl (C=O) groups is 1. The molecule has 0 amide bonds. The SMILES string of the molecule is CS(=O)(=O)c1ncc(C(=O)O)c(Cl)n1. The van der Waals surface area contributed by atoms with Gasteiger partial charge in [-0.1, -0.05) is 11.6 Å². The fourth-order valence-corrected chi connectivity index (χ4v) is 1.43. The predicted octanol–water partition coefficient (Wildman–Crippen LogP) is 0.232. The van der Waals surface area contributed by atoms with Gasteiger partial charge in [0.1, 0.15) is 10.7 Å². The molecule has 1 aromatic heterocycles. The quantitative estimate of drug-likeness (QED) is 0.583. The lowest BCUT2D eigenvalue weighted by Gasteiger charge is -1.99. The first-order chi connectivity index (χ1) is 6.32. The number of hydrogen-bond donors (Lipinski definition) is 1. The number of carboxylic acid groups (broad SMARTS) is 1.